The zero-order chi connectivity index (χ0) is 19.0. The van der Waals surface area contributed by atoms with Gasteiger partial charge in [0.2, 0.25) is 0 Å². The van der Waals surface area contributed by atoms with Crippen molar-refractivity contribution in [3.8, 4) is 0 Å². The van der Waals surface area contributed by atoms with Crippen molar-refractivity contribution in [3.63, 3.8) is 0 Å². The van der Waals surface area contributed by atoms with E-state index in [2.05, 4.69) is 15.8 Å². The molecule has 27 heavy (non-hydrogen) atoms. The number of nitrogens with zero attached hydrogens (tertiary/aromatic N) is 3. The fourth-order valence-electron chi connectivity index (χ4n) is 4.06. The van der Waals surface area contributed by atoms with Crippen LogP contribution in [0.4, 0.5) is 4.79 Å². The Hall–Kier alpha value is -2.61. The number of carbonyl (C=O) groups is 2. The van der Waals surface area contributed by atoms with E-state index in [-0.39, 0.29) is 18.4 Å². The predicted molar refractivity (Wildman–Crippen MR) is 97.0 cm³/mol. The maximum atomic E-state index is 12.3. The van der Waals surface area contributed by atoms with Crippen molar-refractivity contribution in [2.24, 2.45) is 11.7 Å². The van der Waals surface area contributed by atoms with Crippen molar-refractivity contribution in [3.05, 3.63) is 35.9 Å². The molecule has 1 saturated heterocycles. The number of aliphatic hydroxyl groups is 1. The van der Waals surface area contributed by atoms with Gasteiger partial charge in [-0.05, 0) is 43.2 Å². The average molecular weight is 372 g/mol. The van der Waals surface area contributed by atoms with Crippen LogP contribution in [0.2, 0.25) is 0 Å². The van der Waals surface area contributed by atoms with Crippen molar-refractivity contribution in [2.45, 2.75) is 37.7 Å². The number of ether oxygens (including phenoxy) is 1. The van der Waals surface area contributed by atoms with E-state index in [0.717, 1.165) is 36.8 Å². The molecule has 3 N–H and O–H groups in total. The number of rotatable bonds is 5. The standard InChI is InChI=1S/C19H24N4O4/c20-19(26)27-10-16(24)22-6-1-2-13(9-22)18(25)17-14(12-3-4-12)5-7-23-11-21-8-15(17)23/h5,7-8,11-13,18,25H,1-4,6,9-10H2,(H2,20,26). The molecule has 1 aliphatic heterocycles. The topological polar surface area (TPSA) is 110 Å². The maximum Gasteiger partial charge on any atom is 0.405 e. The summed E-state index contributed by atoms with van der Waals surface area (Å²) >= 11 is 0. The van der Waals surface area contributed by atoms with Gasteiger partial charge >= 0.3 is 6.09 Å². The molecule has 0 spiro atoms. The van der Waals surface area contributed by atoms with Crippen LogP contribution in [0.1, 0.15) is 48.8 Å². The van der Waals surface area contributed by atoms with Gasteiger partial charge in [-0.2, -0.15) is 0 Å². The van der Waals surface area contributed by atoms with E-state index < -0.39 is 12.2 Å². The van der Waals surface area contributed by atoms with Gasteiger partial charge in [0.25, 0.3) is 5.91 Å². The van der Waals surface area contributed by atoms with Crippen LogP contribution in [-0.2, 0) is 9.53 Å². The largest absolute Gasteiger partial charge is 0.440 e. The van der Waals surface area contributed by atoms with E-state index in [0.29, 0.717) is 19.0 Å². The molecule has 1 aliphatic carbocycles. The molecule has 2 atom stereocenters. The van der Waals surface area contributed by atoms with E-state index in [4.69, 9.17) is 5.73 Å². The number of primary amides is 1. The van der Waals surface area contributed by atoms with E-state index in [9.17, 15) is 14.7 Å². The molecule has 4 rings (SSSR count). The number of nitrogens with two attached hydrogens (primary N) is 1. The summed E-state index contributed by atoms with van der Waals surface area (Å²) in [6.45, 7) is 0.668. The van der Waals surface area contributed by atoms with Gasteiger partial charge in [0.1, 0.15) is 0 Å². The van der Waals surface area contributed by atoms with Crippen LogP contribution >= 0.6 is 0 Å². The lowest BCUT2D eigenvalue weighted by Gasteiger charge is -2.35. The van der Waals surface area contributed by atoms with Crippen molar-refractivity contribution in [1.82, 2.24) is 14.3 Å². The van der Waals surface area contributed by atoms with Crippen LogP contribution in [0.25, 0.3) is 5.52 Å². The summed E-state index contributed by atoms with van der Waals surface area (Å²) in [5.41, 5.74) is 7.98. The van der Waals surface area contributed by atoms with E-state index in [1.165, 1.54) is 5.56 Å². The van der Waals surface area contributed by atoms with Crippen molar-refractivity contribution >= 4 is 17.5 Å². The Kier molecular flexibility index (Phi) is 4.73. The molecule has 2 aromatic rings. The number of hydrogen-bond acceptors (Lipinski definition) is 5. The number of aromatic nitrogens is 2. The summed E-state index contributed by atoms with van der Waals surface area (Å²) in [4.78, 5) is 28.9. The Morgan fingerprint density at radius 1 is 1.37 bits per heavy atom. The van der Waals surface area contributed by atoms with Crippen LogP contribution in [-0.4, -0.2) is 51.1 Å². The van der Waals surface area contributed by atoms with Crippen LogP contribution in [0.3, 0.4) is 0 Å². The molecule has 8 heteroatoms. The number of carbonyl (C=O) groups excluding carboxylic acids is 2. The molecule has 0 radical (unpaired) electrons. The van der Waals surface area contributed by atoms with Gasteiger partial charge in [-0.1, -0.05) is 0 Å². The zero-order valence-corrected chi connectivity index (χ0v) is 15.1. The van der Waals surface area contributed by atoms with Gasteiger partial charge in [0.05, 0.1) is 24.1 Å². The number of hydrogen-bond donors (Lipinski definition) is 2. The van der Waals surface area contributed by atoms with E-state index >= 15 is 0 Å². The van der Waals surface area contributed by atoms with Crippen molar-refractivity contribution in [1.29, 1.82) is 0 Å². The lowest BCUT2D eigenvalue weighted by molar-refractivity contribution is -0.137. The van der Waals surface area contributed by atoms with Crippen LogP contribution in [0.5, 0.6) is 0 Å². The molecule has 1 saturated carbocycles. The number of likely N-dealkylation sites (tertiary alicyclic amines) is 1. The first-order valence-corrected chi connectivity index (χ1v) is 9.37. The number of amides is 2. The Bertz CT molecular complexity index is 861. The lowest BCUT2D eigenvalue weighted by atomic mass is 9.85. The zero-order valence-electron chi connectivity index (χ0n) is 15.1. The highest BCUT2D eigenvalue weighted by molar-refractivity contribution is 5.80. The Morgan fingerprint density at radius 3 is 2.93 bits per heavy atom. The minimum absolute atomic E-state index is 0.0742. The highest BCUT2D eigenvalue weighted by atomic mass is 16.5. The number of aliphatic hydroxyl groups excluding tert-OH is 1. The SMILES string of the molecule is NC(=O)OCC(=O)N1CCCC(C(O)c2c(C3CC3)ccn3cncc23)C1. The molecule has 8 nitrogen and oxygen atoms in total. The smallest absolute Gasteiger partial charge is 0.405 e. The highest BCUT2D eigenvalue weighted by Gasteiger charge is 2.35. The molecule has 2 aromatic heterocycles. The number of piperidine rings is 1. The van der Waals surface area contributed by atoms with Gasteiger partial charge in [0, 0.05) is 30.8 Å². The first-order chi connectivity index (χ1) is 13.0. The van der Waals surface area contributed by atoms with Gasteiger partial charge < -0.3 is 24.9 Å². The Labute approximate surface area is 156 Å². The predicted octanol–water partition coefficient (Wildman–Crippen LogP) is 1.58. The third kappa shape index (κ3) is 3.62. The summed E-state index contributed by atoms with van der Waals surface area (Å²) in [6, 6.07) is 2.08. The van der Waals surface area contributed by atoms with Gasteiger partial charge in [-0.3, -0.25) is 4.79 Å². The minimum atomic E-state index is -0.960. The molecular formula is C19H24N4O4. The summed E-state index contributed by atoms with van der Waals surface area (Å²) in [6.07, 6.45) is 7.80. The molecule has 144 valence electrons. The summed E-state index contributed by atoms with van der Waals surface area (Å²) in [5.74, 6) is 0.144. The number of fused-ring (bicyclic) bond motifs is 1. The minimum Gasteiger partial charge on any atom is -0.440 e. The quantitative estimate of drug-likeness (QED) is 0.828. The molecule has 2 amide bonds. The van der Waals surface area contributed by atoms with Gasteiger partial charge in [-0.25, -0.2) is 9.78 Å². The van der Waals surface area contributed by atoms with Crippen LogP contribution in [0.15, 0.2) is 24.8 Å². The maximum absolute atomic E-state index is 12.3. The molecule has 0 aromatic carbocycles. The number of pyridine rings is 1. The highest BCUT2D eigenvalue weighted by Crippen LogP contribution is 2.45. The second kappa shape index (κ2) is 7.19. The lowest BCUT2D eigenvalue weighted by Crippen LogP contribution is -2.43. The van der Waals surface area contributed by atoms with E-state index in [1.807, 2.05) is 10.6 Å². The van der Waals surface area contributed by atoms with Crippen LogP contribution < -0.4 is 5.73 Å². The third-order valence-corrected chi connectivity index (χ3v) is 5.58. The van der Waals surface area contributed by atoms with Crippen LogP contribution in [0, 0.1) is 5.92 Å². The monoisotopic (exact) mass is 372 g/mol. The summed E-state index contributed by atoms with van der Waals surface area (Å²) in [5, 5.41) is 11.3. The number of imidazole rings is 1. The van der Waals surface area contributed by atoms with Crippen molar-refractivity contribution in [2.75, 3.05) is 19.7 Å². The van der Waals surface area contributed by atoms with Gasteiger partial charge in [0.15, 0.2) is 6.61 Å². The molecule has 3 heterocycles. The summed E-state index contributed by atoms with van der Waals surface area (Å²) in [7, 11) is 0. The molecule has 2 aliphatic rings. The fraction of sp³-hybridized carbons (Fsp3) is 0.526. The fourth-order valence-corrected chi connectivity index (χ4v) is 4.06. The van der Waals surface area contributed by atoms with E-state index in [1.54, 1.807) is 17.4 Å². The Morgan fingerprint density at radius 2 is 2.19 bits per heavy atom. The second-order valence-corrected chi connectivity index (χ2v) is 7.44. The first-order valence-electron chi connectivity index (χ1n) is 9.37. The van der Waals surface area contributed by atoms with Gasteiger partial charge in [-0.15, -0.1) is 0 Å². The second-order valence-electron chi connectivity index (χ2n) is 7.44. The first kappa shape index (κ1) is 17.8. The van der Waals surface area contributed by atoms with Crippen molar-refractivity contribution < 1.29 is 19.4 Å². The summed E-state index contributed by atoms with van der Waals surface area (Å²) < 4.78 is 6.54. The normalized spacial score (nSPS) is 21.2. The molecule has 0 bridgehead atoms. The Balaban J connectivity index is 1.56. The molecular weight excluding hydrogens is 348 g/mol. The molecule has 2 fully saturated rings. The third-order valence-electron chi connectivity index (χ3n) is 5.58. The molecule has 2 unspecified atom stereocenters. The average Bonchev–Trinajstić information content (AvgIpc) is 3.41.